The van der Waals surface area contributed by atoms with Gasteiger partial charge in [0.2, 0.25) is 5.91 Å². The Morgan fingerprint density at radius 1 is 1.33 bits per heavy atom. The van der Waals surface area contributed by atoms with Crippen molar-refractivity contribution in [1.82, 2.24) is 5.32 Å². The molecule has 0 fully saturated rings. The SMILES string of the molecule is CC(=O)NCCC(O)C(O)c1cc(C(F)(F)F)ccc1C. The van der Waals surface area contributed by atoms with Gasteiger partial charge in [-0.2, -0.15) is 13.2 Å². The van der Waals surface area contributed by atoms with Crippen LogP contribution in [0.2, 0.25) is 0 Å². The van der Waals surface area contributed by atoms with Gasteiger partial charge in [-0.05, 0) is 36.6 Å². The third-order valence-corrected chi connectivity index (χ3v) is 3.10. The van der Waals surface area contributed by atoms with E-state index >= 15 is 0 Å². The molecule has 0 aromatic heterocycles. The van der Waals surface area contributed by atoms with E-state index in [0.717, 1.165) is 12.1 Å². The first-order chi connectivity index (χ1) is 9.62. The molecule has 0 radical (unpaired) electrons. The topological polar surface area (TPSA) is 69.6 Å². The van der Waals surface area contributed by atoms with Crippen LogP contribution in [0.5, 0.6) is 0 Å². The number of hydrogen-bond donors (Lipinski definition) is 3. The molecule has 0 spiro atoms. The molecule has 0 heterocycles. The van der Waals surface area contributed by atoms with Crippen LogP contribution >= 0.6 is 0 Å². The molecule has 2 atom stereocenters. The van der Waals surface area contributed by atoms with E-state index < -0.39 is 23.9 Å². The minimum absolute atomic E-state index is 0.0279. The van der Waals surface area contributed by atoms with Crippen molar-refractivity contribution in [3.8, 4) is 0 Å². The average Bonchev–Trinajstić information content (AvgIpc) is 2.36. The zero-order valence-electron chi connectivity index (χ0n) is 11.7. The van der Waals surface area contributed by atoms with Crippen LogP contribution in [-0.2, 0) is 11.0 Å². The third-order valence-electron chi connectivity index (χ3n) is 3.10. The van der Waals surface area contributed by atoms with Gasteiger partial charge in [0.15, 0.2) is 0 Å². The molecule has 3 N–H and O–H groups in total. The maximum Gasteiger partial charge on any atom is 0.416 e. The van der Waals surface area contributed by atoms with Gasteiger partial charge in [-0.15, -0.1) is 0 Å². The van der Waals surface area contributed by atoms with Gasteiger partial charge in [0.05, 0.1) is 11.7 Å². The van der Waals surface area contributed by atoms with E-state index in [1.54, 1.807) is 6.92 Å². The highest BCUT2D eigenvalue weighted by Gasteiger charge is 2.32. The van der Waals surface area contributed by atoms with Crippen LogP contribution in [0.25, 0.3) is 0 Å². The molecule has 0 bridgehead atoms. The lowest BCUT2D eigenvalue weighted by molar-refractivity contribution is -0.137. The van der Waals surface area contributed by atoms with E-state index in [4.69, 9.17) is 0 Å². The number of benzene rings is 1. The van der Waals surface area contributed by atoms with Crippen LogP contribution in [0.3, 0.4) is 0 Å². The molecule has 1 aromatic carbocycles. The maximum atomic E-state index is 12.7. The Morgan fingerprint density at radius 3 is 2.48 bits per heavy atom. The van der Waals surface area contributed by atoms with Crippen LogP contribution in [0.15, 0.2) is 18.2 Å². The smallest absolute Gasteiger partial charge is 0.390 e. The highest BCUT2D eigenvalue weighted by atomic mass is 19.4. The standard InChI is InChI=1S/C14H18F3NO3/c1-8-3-4-10(14(15,16)17)7-11(8)13(21)12(20)5-6-18-9(2)19/h3-4,7,12-13,20-21H,5-6H2,1-2H3,(H,18,19). The van der Waals surface area contributed by atoms with Crippen LogP contribution in [0.4, 0.5) is 13.2 Å². The lowest BCUT2D eigenvalue weighted by Crippen LogP contribution is -2.28. The number of aliphatic hydroxyl groups is 2. The maximum absolute atomic E-state index is 12.7. The van der Waals surface area contributed by atoms with Crippen molar-refractivity contribution < 1.29 is 28.2 Å². The zero-order valence-corrected chi connectivity index (χ0v) is 11.7. The van der Waals surface area contributed by atoms with Crippen molar-refractivity contribution in [1.29, 1.82) is 0 Å². The van der Waals surface area contributed by atoms with Crippen molar-refractivity contribution in [3.63, 3.8) is 0 Å². The monoisotopic (exact) mass is 305 g/mol. The van der Waals surface area contributed by atoms with Crippen molar-refractivity contribution in [2.24, 2.45) is 0 Å². The van der Waals surface area contributed by atoms with E-state index in [0.29, 0.717) is 5.56 Å². The summed E-state index contributed by atoms with van der Waals surface area (Å²) < 4.78 is 38.0. The number of nitrogens with one attached hydrogen (secondary N) is 1. The molecule has 0 aliphatic carbocycles. The van der Waals surface area contributed by atoms with Gasteiger partial charge in [-0.1, -0.05) is 6.07 Å². The van der Waals surface area contributed by atoms with E-state index in [1.807, 2.05) is 0 Å². The lowest BCUT2D eigenvalue weighted by atomic mass is 9.95. The summed E-state index contributed by atoms with van der Waals surface area (Å²) in [6.45, 7) is 2.99. The molecule has 2 unspecified atom stereocenters. The van der Waals surface area contributed by atoms with Gasteiger partial charge >= 0.3 is 6.18 Å². The summed E-state index contributed by atoms with van der Waals surface area (Å²) in [5.41, 5.74) is -0.398. The summed E-state index contributed by atoms with van der Waals surface area (Å²) in [6, 6.07) is 3.01. The Bertz CT molecular complexity index is 503. The van der Waals surface area contributed by atoms with E-state index in [2.05, 4.69) is 5.32 Å². The fourth-order valence-electron chi connectivity index (χ4n) is 1.90. The predicted octanol–water partition coefficient (Wildman–Crippen LogP) is 1.93. The Labute approximate surface area is 120 Å². The molecular formula is C14H18F3NO3. The number of carbonyl (C=O) groups excluding carboxylic acids is 1. The number of amides is 1. The number of aryl methyl sites for hydroxylation is 1. The average molecular weight is 305 g/mol. The largest absolute Gasteiger partial charge is 0.416 e. The third kappa shape index (κ3) is 5.02. The second-order valence-electron chi connectivity index (χ2n) is 4.85. The van der Waals surface area contributed by atoms with Crippen LogP contribution < -0.4 is 5.32 Å². The first-order valence-corrected chi connectivity index (χ1v) is 6.41. The van der Waals surface area contributed by atoms with E-state index in [1.165, 1.54) is 13.0 Å². The van der Waals surface area contributed by atoms with Crippen LogP contribution in [0, 0.1) is 6.92 Å². The second kappa shape index (κ2) is 6.91. The molecule has 1 aromatic rings. The molecule has 0 aliphatic heterocycles. The van der Waals surface area contributed by atoms with Crippen molar-refractivity contribution in [2.75, 3.05) is 6.54 Å². The normalized spacial score (nSPS) is 14.6. The molecule has 1 amide bonds. The summed E-state index contributed by atoms with van der Waals surface area (Å²) in [7, 11) is 0. The summed E-state index contributed by atoms with van der Waals surface area (Å²) >= 11 is 0. The number of hydrogen-bond acceptors (Lipinski definition) is 3. The Hall–Kier alpha value is -1.60. The predicted molar refractivity (Wildman–Crippen MR) is 70.4 cm³/mol. The van der Waals surface area contributed by atoms with Gasteiger partial charge in [-0.3, -0.25) is 4.79 Å². The first kappa shape index (κ1) is 17.5. The highest BCUT2D eigenvalue weighted by molar-refractivity contribution is 5.72. The van der Waals surface area contributed by atoms with Crippen LogP contribution in [0.1, 0.15) is 36.1 Å². The molecule has 118 valence electrons. The lowest BCUT2D eigenvalue weighted by Gasteiger charge is -2.21. The molecule has 7 heteroatoms. The van der Waals surface area contributed by atoms with Gasteiger partial charge in [-0.25, -0.2) is 0 Å². The van der Waals surface area contributed by atoms with Gasteiger partial charge in [0, 0.05) is 13.5 Å². The Balaban J connectivity index is 2.85. The molecule has 0 saturated heterocycles. The molecule has 0 aliphatic rings. The number of halogens is 3. The quantitative estimate of drug-likeness (QED) is 0.778. The number of rotatable bonds is 5. The van der Waals surface area contributed by atoms with Crippen molar-refractivity contribution in [3.05, 3.63) is 34.9 Å². The van der Waals surface area contributed by atoms with E-state index in [9.17, 15) is 28.2 Å². The molecule has 0 saturated carbocycles. The Morgan fingerprint density at radius 2 is 1.95 bits per heavy atom. The fraction of sp³-hybridized carbons (Fsp3) is 0.500. The van der Waals surface area contributed by atoms with Gasteiger partial charge in [0.25, 0.3) is 0 Å². The van der Waals surface area contributed by atoms with Crippen molar-refractivity contribution >= 4 is 5.91 Å². The van der Waals surface area contributed by atoms with E-state index in [-0.39, 0.29) is 24.4 Å². The Kier molecular flexibility index (Phi) is 5.74. The molecular weight excluding hydrogens is 287 g/mol. The number of aliphatic hydroxyl groups excluding tert-OH is 2. The summed E-state index contributed by atoms with van der Waals surface area (Å²) in [5.74, 6) is -0.285. The van der Waals surface area contributed by atoms with Crippen molar-refractivity contribution in [2.45, 2.75) is 38.7 Å². The molecule has 21 heavy (non-hydrogen) atoms. The summed E-state index contributed by atoms with van der Waals surface area (Å²) in [6.07, 6.45) is -7.18. The zero-order chi connectivity index (χ0) is 16.2. The number of carbonyl (C=O) groups is 1. The molecule has 4 nitrogen and oxygen atoms in total. The van der Waals surface area contributed by atoms with Gasteiger partial charge < -0.3 is 15.5 Å². The second-order valence-corrected chi connectivity index (χ2v) is 4.85. The fourth-order valence-corrected chi connectivity index (χ4v) is 1.90. The minimum Gasteiger partial charge on any atom is -0.390 e. The van der Waals surface area contributed by atoms with Crippen LogP contribution in [-0.4, -0.2) is 28.8 Å². The first-order valence-electron chi connectivity index (χ1n) is 6.41. The van der Waals surface area contributed by atoms with Gasteiger partial charge in [0.1, 0.15) is 6.10 Å². The number of alkyl halides is 3. The highest BCUT2D eigenvalue weighted by Crippen LogP contribution is 2.33. The minimum atomic E-state index is -4.51. The molecule has 1 rings (SSSR count). The summed E-state index contributed by atoms with van der Waals surface area (Å²) in [4.78, 5) is 10.7. The summed E-state index contributed by atoms with van der Waals surface area (Å²) in [5, 5.41) is 22.3.